The molecule has 1 aromatic heterocycles. The number of amides is 1. The van der Waals surface area contributed by atoms with Gasteiger partial charge in [-0.2, -0.15) is 5.10 Å². The van der Waals surface area contributed by atoms with Crippen molar-refractivity contribution in [2.45, 2.75) is 38.6 Å². The molecule has 38 heavy (non-hydrogen) atoms. The molecule has 0 radical (unpaired) electrons. The van der Waals surface area contributed by atoms with Crippen molar-refractivity contribution in [1.29, 1.82) is 0 Å². The number of nitrogens with zero attached hydrogens (tertiary/aromatic N) is 3. The number of para-hydroxylation sites is 1. The molecule has 5 rings (SSSR count). The zero-order valence-corrected chi connectivity index (χ0v) is 22.2. The standard InChI is InChI=1S/C30H25Cl2N3O3/c1-18-29(30(19-13-15-20(31)16-14-19)22-8-3-5-10-24(22)33-18)25-17-26(21-7-2-4-9-23(21)32)35(34-25)27(36)11-6-12-28(37)38/h2-5,7-10,13-16,26H,6,11-12,17H2,1H3,(H,37,38)/t26-/m0/s1. The van der Waals surface area contributed by atoms with E-state index in [1.165, 1.54) is 5.01 Å². The molecule has 0 saturated heterocycles. The van der Waals surface area contributed by atoms with Crippen LogP contribution in [0.15, 0.2) is 77.9 Å². The van der Waals surface area contributed by atoms with Gasteiger partial charge < -0.3 is 5.11 Å². The topological polar surface area (TPSA) is 82.9 Å². The first-order valence-corrected chi connectivity index (χ1v) is 13.1. The number of aryl methyl sites for hydroxylation is 1. The molecular formula is C30H25Cl2N3O3. The van der Waals surface area contributed by atoms with Crippen LogP contribution in [0.5, 0.6) is 0 Å². The molecule has 0 bridgehead atoms. The third-order valence-corrected chi connectivity index (χ3v) is 7.30. The van der Waals surface area contributed by atoms with Gasteiger partial charge in [-0.15, -0.1) is 0 Å². The molecule has 1 aliphatic rings. The Morgan fingerprint density at radius 1 is 0.947 bits per heavy atom. The Hall–Kier alpha value is -3.74. The molecule has 192 valence electrons. The van der Waals surface area contributed by atoms with E-state index in [0.29, 0.717) is 16.5 Å². The number of pyridine rings is 1. The average Bonchev–Trinajstić information content (AvgIpc) is 3.33. The van der Waals surface area contributed by atoms with E-state index in [2.05, 4.69) is 0 Å². The van der Waals surface area contributed by atoms with Gasteiger partial charge in [0.1, 0.15) is 0 Å². The molecule has 8 heteroatoms. The summed E-state index contributed by atoms with van der Waals surface area (Å²) < 4.78 is 0. The molecule has 3 aromatic carbocycles. The Morgan fingerprint density at radius 3 is 2.39 bits per heavy atom. The summed E-state index contributed by atoms with van der Waals surface area (Å²) in [6.45, 7) is 1.95. The van der Waals surface area contributed by atoms with Crippen molar-refractivity contribution < 1.29 is 14.7 Å². The van der Waals surface area contributed by atoms with Crippen LogP contribution in [0.3, 0.4) is 0 Å². The Kier molecular flexibility index (Phi) is 7.45. The van der Waals surface area contributed by atoms with E-state index in [-0.39, 0.29) is 25.2 Å². The van der Waals surface area contributed by atoms with Gasteiger partial charge in [0.05, 0.1) is 17.3 Å². The lowest BCUT2D eigenvalue weighted by atomic mass is 9.89. The summed E-state index contributed by atoms with van der Waals surface area (Å²) >= 11 is 12.8. The summed E-state index contributed by atoms with van der Waals surface area (Å²) in [7, 11) is 0. The van der Waals surface area contributed by atoms with Crippen molar-refractivity contribution >= 4 is 51.7 Å². The maximum Gasteiger partial charge on any atom is 0.303 e. The minimum absolute atomic E-state index is 0.0724. The number of carboxylic acid groups (broad SMARTS) is 1. The number of carbonyl (C=O) groups excluding carboxylic acids is 1. The van der Waals surface area contributed by atoms with Crippen LogP contribution < -0.4 is 0 Å². The van der Waals surface area contributed by atoms with Gasteiger partial charge in [-0.3, -0.25) is 14.6 Å². The van der Waals surface area contributed by atoms with Gasteiger partial charge in [-0.25, -0.2) is 5.01 Å². The number of aromatic nitrogens is 1. The molecule has 2 heterocycles. The number of benzene rings is 3. The fourth-order valence-electron chi connectivity index (χ4n) is 4.99. The number of carbonyl (C=O) groups is 2. The lowest BCUT2D eigenvalue weighted by Gasteiger charge is -2.23. The molecule has 0 unspecified atom stereocenters. The number of fused-ring (bicyclic) bond motifs is 1. The van der Waals surface area contributed by atoms with Crippen molar-refractivity contribution in [3.8, 4) is 11.1 Å². The summed E-state index contributed by atoms with van der Waals surface area (Å²) in [5, 5.41) is 17.5. The summed E-state index contributed by atoms with van der Waals surface area (Å²) in [6, 6.07) is 22.6. The smallest absolute Gasteiger partial charge is 0.303 e. The number of hydrogen-bond acceptors (Lipinski definition) is 4. The zero-order valence-electron chi connectivity index (χ0n) is 20.7. The first kappa shape index (κ1) is 25.9. The van der Waals surface area contributed by atoms with E-state index in [1.54, 1.807) is 6.07 Å². The predicted molar refractivity (Wildman–Crippen MR) is 151 cm³/mol. The predicted octanol–water partition coefficient (Wildman–Crippen LogP) is 7.45. The molecule has 4 aromatic rings. The minimum Gasteiger partial charge on any atom is -0.481 e. The Labute approximate surface area is 230 Å². The number of hydrogen-bond donors (Lipinski definition) is 1. The van der Waals surface area contributed by atoms with Crippen LogP contribution in [-0.4, -0.2) is 32.7 Å². The van der Waals surface area contributed by atoms with Gasteiger partial charge in [0.2, 0.25) is 5.91 Å². The Morgan fingerprint density at radius 2 is 1.66 bits per heavy atom. The van der Waals surface area contributed by atoms with Crippen molar-refractivity contribution in [2.75, 3.05) is 0 Å². The lowest BCUT2D eigenvalue weighted by Crippen LogP contribution is -2.27. The maximum atomic E-state index is 13.3. The average molecular weight is 546 g/mol. The first-order valence-electron chi connectivity index (χ1n) is 12.3. The molecule has 1 atom stereocenters. The highest BCUT2D eigenvalue weighted by Gasteiger charge is 2.35. The second kappa shape index (κ2) is 10.9. The zero-order chi connectivity index (χ0) is 26.8. The molecule has 1 amide bonds. The van der Waals surface area contributed by atoms with Crippen LogP contribution in [0, 0.1) is 6.92 Å². The van der Waals surface area contributed by atoms with Crippen LogP contribution in [-0.2, 0) is 9.59 Å². The quantitative estimate of drug-likeness (QED) is 0.261. The van der Waals surface area contributed by atoms with E-state index in [9.17, 15) is 9.59 Å². The van der Waals surface area contributed by atoms with Gasteiger partial charge in [-0.1, -0.05) is 71.7 Å². The van der Waals surface area contributed by atoms with Gasteiger partial charge in [0.25, 0.3) is 0 Å². The highest BCUT2D eigenvalue weighted by molar-refractivity contribution is 6.31. The lowest BCUT2D eigenvalue weighted by molar-refractivity contribution is -0.137. The summed E-state index contributed by atoms with van der Waals surface area (Å²) in [5.74, 6) is -1.18. The van der Waals surface area contributed by atoms with Crippen LogP contribution >= 0.6 is 23.2 Å². The van der Waals surface area contributed by atoms with Crippen molar-refractivity contribution in [2.24, 2.45) is 5.10 Å². The molecule has 0 aliphatic carbocycles. The largest absolute Gasteiger partial charge is 0.481 e. The summed E-state index contributed by atoms with van der Waals surface area (Å²) in [4.78, 5) is 29.2. The minimum atomic E-state index is -0.934. The molecule has 0 spiro atoms. The van der Waals surface area contributed by atoms with E-state index < -0.39 is 12.0 Å². The van der Waals surface area contributed by atoms with E-state index in [0.717, 1.165) is 44.6 Å². The van der Waals surface area contributed by atoms with Crippen LogP contribution in [0.4, 0.5) is 0 Å². The van der Waals surface area contributed by atoms with Crippen molar-refractivity contribution in [3.05, 3.63) is 99.7 Å². The number of carboxylic acids is 1. The van der Waals surface area contributed by atoms with Gasteiger partial charge >= 0.3 is 5.97 Å². The van der Waals surface area contributed by atoms with Gasteiger partial charge in [0, 0.05) is 51.5 Å². The first-order chi connectivity index (χ1) is 18.3. The number of hydrazone groups is 1. The SMILES string of the molecule is Cc1nc2ccccc2c(-c2ccc(Cl)cc2)c1C1=NN(C(=O)CCCC(=O)O)[C@H](c2ccccc2Cl)C1. The molecule has 0 fully saturated rings. The van der Waals surface area contributed by atoms with Gasteiger partial charge in [0.15, 0.2) is 0 Å². The molecule has 6 nitrogen and oxygen atoms in total. The molecule has 1 N–H and O–H groups in total. The van der Waals surface area contributed by atoms with Crippen LogP contribution in [0.2, 0.25) is 10.0 Å². The van der Waals surface area contributed by atoms with Crippen LogP contribution in [0.25, 0.3) is 22.0 Å². The van der Waals surface area contributed by atoms with Gasteiger partial charge in [-0.05, 0) is 48.7 Å². The maximum absolute atomic E-state index is 13.3. The highest BCUT2D eigenvalue weighted by Crippen LogP contribution is 2.41. The van der Waals surface area contributed by atoms with E-state index in [1.807, 2.05) is 73.7 Å². The number of rotatable bonds is 7. The fourth-order valence-corrected chi connectivity index (χ4v) is 5.38. The Balaban J connectivity index is 1.65. The van der Waals surface area contributed by atoms with Crippen molar-refractivity contribution in [3.63, 3.8) is 0 Å². The summed E-state index contributed by atoms with van der Waals surface area (Å²) in [6.07, 6.45) is 0.664. The molecular weight excluding hydrogens is 521 g/mol. The second-order valence-electron chi connectivity index (χ2n) is 9.24. The monoisotopic (exact) mass is 545 g/mol. The van der Waals surface area contributed by atoms with Crippen molar-refractivity contribution in [1.82, 2.24) is 9.99 Å². The molecule has 1 aliphatic heterocycles. The third kappa shape index (κ3) is 5.15. The molecule has 0 saturated carbocycles. The second-order valence-corrected chi connectivity index (χ2v) is 10.1. The highest BCUT2D eigenvalue weighted by atomic mass is 35.5. The number of halogens is 2. The summed E-state index contributed by atoms with van der Waals surface area (Å²) in [5.41, 5.74) is 5.98. The van der Waals surface area contributed by atoms with Crippen LogP contribution in [0.1, 0.15) is 48.5 Å². The van der Waals surface area contributed by atoms with E-state index >= 15 is 0 Å². The fraction of sp³-hybridized carbons (Fsp3) is 0.200. The number of aliphatic carboxylic acids is 1. The third-order valence-electron chi connectivity index (χ3n) is 6.71. The Bertz CT molecular complexity index is 1570. The van der Waals surface area contributed by atoms with E-state index in [4.69, 9.17) is 38.4 Å². The normalized spacial score (nSPS) is 15.1.